The van der Waals surface area contributed by atoms with Crippen LogP contribution in [0.4, 0.5) is 0 Å². The molecular formula is C14H24N2O. The van der Waals surface area contributed by atoms with Crippen molar-refractivity contribution in [2.24, 2.45) is 5.73 Å². The number of nitrogens with zero attached hydrogens (tertiary/aromatic N) is 1. The summed E-state index contributed by atoms with van der Waals surface area (Å²) in [7, 11) is 1.70. The minimum atomic E-state index is -0.335. The third-order valence-electron chi connectivity index (χ3n) is 3.23. The number of nitrogens with two attached hydrogens (primary N) is 1. The molecule has 1 atom stereocenters. The molecule has 0 saturated carbocycles. The predicted octanol–water partition coefficient (Wildman–Crippen LogP) is 2.25. The van der Waals surface area contributed by atoms with Gasteiger partial charge in [0, 0.05) is 6.42 Å². The van der Waals surface area contributed by atoms with Crippen LogP contribution in [0, 0.1) is 0 Å². The van der Waals surface area contributed by atoms with E-state index in [1.165, 1.54) is 0 Å². The highest BCUT2D eigenvalue weighted by Crippen LogP contribution is 2.23. The van der Waals surface area contributed by atoms with Crippen LogP contribution in [0.3, 0.4) is 0 Å². The summed E-state index contributed by atoms with van der Waals surface area (Å²) in [5, 5.41) is 0. The maximum absolute atomic E-state index is 6.41. The molecule has 96 valence electrons. The first-order chi connectivity index (χ1) is 8.05. The molecule has 0 aliphatic rings. The molecule has 0 aliphatic carbocycles. The summed E-state index contributed by atoms with van der Waals surface area (Å²) < 4.78 is 5.36. The molecule has 0 heterocycles. The Morgan fingerprint density at radius 3 is 2.35 bits per heavy atom. The Balaban J connectivity index is 2.88. The molecule has 1 aromatic rings. The molecule has 0 aromatic heterocycles. The van der Waals surface area contributed by atoms with Crippen molar-refractivity contribution in [1.82, 2.24) is 4.90 Å². The van der Waals surface area contributed by atoms with Gasteiger partial charge in [0.05, 0.1) is 12.8 Å². The van der Waals surface area contributed by atoms with Gasteiger partial charge in [-0.2, -0.15) is 0 Å². The number of hydrogen-bond donors (Lipinski definition) is 1. The van der Waals surface area contributed by atoms with Gasteiger partial charge in [0.25, 0.3) is 0 Å². The zero-order chi connectivity index (χ0) is 12.9. The van der Waals surface area contributed by atoms with E-state index in [9.17, 15) is 0 Å². The SMILES string of the molecule is CCN(CC)C(C)(N)Cc1ccccc1OC. The van der Waals surface area contributed by atoms with E-state index in [2.05, 4.69) is 31.7 Å². The van der Waals surface area contributed by atoms with Crippen molar-refractivity contribution in [3.05, 3.63) is 29.8 Å². The topological polar surface area (TPSA) is 38.5 Å². The van der Waals surface area contributed by atoms with Gasteiger partial charge in [-0.1, -0.05) is 32.0 Å². The molecule has 0 saturated heterocycles. The minimum absolute atomic E-state index is 0.335. The highest BCUT2D eigenvalue weighted by atomic mass is 16.5. The van der Waals surface area contributed by atoms with Crippen LogP contribution in [0.2, 0.25) is 0 Å². The molecule has 3 heteroatoms. The molecule has 0 fully saturated rings. The van der Waals surface area contributed by atoms with Gasteiger partial charge in [-0.15, -0.1) is 0 Å². The average Bonchev–Trinajstić information content (AvgIpc) is 2.30. The number of para-hydroxylation sites is 1. The quantitative estimate of drug-likeness (QED) is 0.770. The molecule has 1 rings (SSSR count). The lowest BCUT2D eigenvalue weighted by molar-refractivity contribution is 0.122. The van der Waals surface area contributed by atoms with Crippen LogP contribution in [0.15, 0.2) is 24.3 Å². The van der Waals surface area contributed by atoms with E-state index in [0.29, 0.717) is 0 Å². The number of benzene rings is 1. The van der Waals surface area contributed by atoms with E-state index in [1.807, 2.05) is 18.2 Å². The summed E-state index contributed by atoms with van der Waals surface area (Å²) in [6.45, 7) is 8.26. The number of methoxy groups -OCH3 is 1. The van der Waals surface area contributed by atoms with Gasteiger partial charge >= 0.3 is 0 Å². The summed E-state index contributed by atoms with van der Waals surface area (Å²) in [5.74, 6) is 0.913. The van der Waals surface area contributed by atoms with E-state index in [4.69, 9.17) is 10.5 Å². The molecule has 0 aliphatic heterocycles. The summed E-state index contributed by atoms with van der Waals surface area (Å²) in [5.41, 5.74) is 7.23. The predicted molar refractivity (Wildman–Crippen MR) is 72.2 cm³/mol. The molecule has 0 bridgehead atoms. The Kier molecular flexibility index (Phi) is 4.97. The third-order valence-corrected chi connectivity index (χ3v) is 3.23. The normalized spacial score (nSPS) is 14.7. The van der Waals surface area contributed by atoms with Crippen LogP contribution in [-0.4, -0.2) is 30.8 Å². The summed E-state index contributed by atoms with van der Waals surface area (Å²) in [6.07, 6.45) is 0.790. The van der Waals surface area contributed by atoms with Crippen LogP contribution in [0.25, 0.3) is 0 Å². The lowest BCUT2D eigenvalue weighted by Gasteiger charge is -2.37. The van der Waals surface area contributed by atoms with Crippen molar-refractivity contribution in [2.45, 2.75) is 32.9 Å². The Bertz CT molecular complexity index is 346. The Morgan fingerprint density at radius 1 is 1.24 bits per heavy atom. The molecule has 3 nitrogen and oxygen atoms in total. The maximum atomic E-state index is 6.41. The average molecular weight is 236 g/mol. The molecule has 0 radical (unpaired) electrons. The van der Waals surface area contributed by atoms with Gasteiger partial charge in [-0.3, -0.25) is 4.90 Å². The van der Waals surface area contributed by atoms with Gasteiger partial charge in [0.2, 0.25) is 0 Å². The van der Waals surface area contributed by atoms with E-state index < -0.39 is 0 Å². The lowest BCUT2D eigenvalue weighted by Crippen LogP contribution is -2.55. The molecule has 0 amide bonds. The lowest BCUT2D eigenvalue weighted by atomic mass is 9.99. The summed E-state index contributed by atoms with van der Waals surface area (Å²) in [6, 6.07) is 8.06. The van der Waals surface area contributed by atoms with Gasteiger partial charge in [0.1, 0.15) is 5.75 Å². The summed E-state index contributed by atoms with van der Waals surface area (Å²) in [4.78, 5) is 2.26. The van der Waals surface area contributed by atoms with E-state index >= 15 is 0 Å². The van der Waals surface area contributed by atoms with Crippen molar-refractivity contribution in [2.75, 3.05) is 20.2 Å². The molecule has 1 unspecified atom stereocenters. The van der Waals surface area contributed by atoms with Gasteiger partial charge in [0.15, 0.2) is 0 Å². The fraction of sp³-hybridized carbons (Fsp3) is 0.571. The fourth-order valence-corrected chi connectivity index (χ4v) is 2.29. The number of rotatable bonds is 6. The van der Waals surface area contributed by atoms with Crippen molar-refractivity contribution >= 4 is 0 Å². The largest absolute Gasteiger partial charge is 0.496 e. The fourth-order valence-electron chi connectivity index (χ4n) is 2.29. The monoisotopic (exact) mass is 236 g/mol. The number of hydrogen-bond acceptors (Lipinski definition) is 3. The standard InChI is InChI=1S/C14H24N2O/c1-5-16(6-2)14(3,15)11-12-9-7-8-10-13(12)17-4/h7-10H,5-6,11,15H2,1-4H3. The minimum Gasteiger partial charge on any atom is -0.496 e. The number of likely N-dealkylation sites (N-methyl/N-ethyl adjacent to an activating group) is 1. The number of ether oxygens (including phenoxy) is 1. The van der Waals surface area contributed by atoms with Gasteiger partial charge in [-0.05, 0) is 31.6 Å². The van der Waals surface area contributed by atoms with Crippen LogP contribution in [0.5, 0.6) is 5.75 Å². The zero-order valence-corrected chi connectivity index (χ0v) is 11.4. The van der Waals surface area contributed by atoms with Crippen molar-refractivity contribution in [3.63, 3.8) is 0 Å². The van der Waals surface area contributed by atoms with E-state index in [0.717, 1.165) is 30.8 Å². The second kappa shape index (κ2) is 6.03. The van der Waals surface area contributed by atoms with Gasteiger partial charge in [-0.25, -0.2) is 0 Å². The Hall–Kier alpha value is -1.06. The molecule has 0 spiro atoms. The third kappa shape index (κ3) is 3.45. The highest BCUT2D eigenvalue weighted by molar-refractivity contribution is 5.34. The van der Waals surface area contributed by atoms with Crippen molar-refractivity contribution < 1.29 is 4.74 Å². The molecule has 17 heavy (non-hydrogen) atoms. The smallest absolute Gasteiger partial charge is 0.122 e. The van der Waals surface area contributed by atoms with Crippen molar-refractivity contribution in [1.29, 1.82) is 0 Å². The first-order valence-corrected chi connectivity index (χ1v) is 6.21. The molecular weight excluding hydrogens is 212 g/mol. The molecule has 2 N–H and O–H groups in total. The highest BCUT2D eigenvalue weighted by Gasteiger charge is 2.26. The second-order valence-electron chi connectivity index (χ2n) is 4.52. The van der Waals surface area contributed by atoms with Crippen molar-refractivity contribution in [3.8, 4) is 5.75 Å². The first-order valence-electron chi connectivity index (χ1n) is 6.21. The first kappa shape index (κ1) is 14.0. The Morgan fingerprint density at radius 2 is 1.82 bits per heavy atom. The van der Waals surface area contributed by atoms with Crippen LogP contribution in [-0.2, 0) is 6.42 Å². The molecule has 1 aromatic carbocycles. The van der Waals surface area contributed by atoms with Crippen LogP contribution in [0.1, 0.15) is 26.3 Å². The van der Waals surface area contributed by atoms with Gasteiger partial charge < -0.3 is 10.5 Å². The van der Waals surface area contributed by atoms with E-state index in [-0.39, 0.29) is 5.66 Å². The zero-order valence-electron chi connectivity index (χ0n) is 11.4. The Labute approximate surface area is 105 Å². The maximum Gasteiger partial charge on any atom is 0.122 e. The van der Waals surface area contributed by atoms with E-state index in [1.54, 1.807) is 7.11 Å². The van der Waals surface area contributed by atoms with Crippen LogP contribution < -0.4 is 10.5 Å². The summed E-state index contributed by atoms with van der Waals surface area (Å²) >= 11 is 0. The van der Waals surface area contributed by atoms with Crippen LogP contribution >= 0.6 is 0 Å². The second-order valence-corrected chi connectivity index (χ2v) is 4.52.